The number of nitrogens with one attached hydrogen (secondary N) is 1. The van der Waals surface area contributed by atoms with E-state index < -0.39 is 0 Å². The molecule has 0 saturated carbocycles. The molecule has 2 heterocycles. The van der Waals surface area contributed by atoms with Crippen molar-refractivity contribution in [2.75, 3.05) is 0 Å². The molecule has 98 valence electrons. The van der Waals surface area contributed by atoms with E-state index in [-0.39, 0.29) is 5.91 Å². The van der Waals surface area contributed by atoms with Crippen molar-refractivity contribution in [2.45, 2.75) is 6.54 Å². The lowest BCUT2D eigenvalue weighted by molar-refractivity contribution is 0.0946. The molecule has 0 aliphatic rings. The lowest BCUT2D eigenvalue weighted by Crippen LogP contribution is -2.23. The number of para-hydroxylation sites is 1. The van der Waals surface area contributed by atoms with Crippen molar-refractivity contribution in [1.29, 1.82) is 0 Å². The predicted octanol–water partition coefficient (Wildman–Crippen LogP) is 2.56. The summed E-state index contributed by atoms with van der Waals surface area (Å²) < 4.78 is 0. The molecule has 0 spiro atoms. The smallest absolute Gasteiger partial charge is 0.270 e. The summed E-state index contributed by atoms with van der Waals surface area (Å²) >= 11 is 0. The maximum Gasteiger partial charge on any atom is 0.270 e. The number of hydrogen-bond donors (Lipinski definition) is 1. The van der Waals surface area contributed by atoms with E-state index in [1.54, 1.807) is 18.5 Å². The molecule has 4 nitrogen and oxygen atoms in total. The Bertz CT molecular complexity index is 741. The van der Waals surface area contributed by atoms with E-state index >= 15 is 0 Å². The van der Waals surface area contributed by atoms with E-state index in [1.165, 1.54) is 0 Å². The minimum absolute atomic E-state index is 0.181. The molecule has 2 aromatic heterocycles. The van der Waals surface area contributed by atoms with Gasteiger partial charge in [-0.15, -0.1) is 0 Å². The Morgan fingerprint density at radius 1 is 1.05 bits per heavy atom. The predicted molar refractivity (Wildman–Crippen MR) is 77.2 cm³/mol. The zero-order chi connectivity index (χ0) is 13.8. The van der Waals surface area contributed by atoms with Gasteiger partial charge in [-0.25, -0.2) is 4.98 Å². The Morgan fingerprint density at radius 2 is 1.95 bits per heavy atom. The molecular weight excluding hydrogens is 250 g/mol. The topological polar surface area (TPSA) is 54.9 Å². The number of carbonyl (C=O) groups is 1. The fraction of sp³-hybridized carbons (Fsp3) is 0.0625. The summed E-state index contributed by atoms with van der Waals surface area (Å²) in [5, 5.41) is 3.86. The van der Waals surface area contributed by atoms with Crippen molar-refractivity contribution < 1.29 is 4.79 Å². The third-order valence-electron chi connectivity index (χ3n) is 3.01. The van der Waals surface area contributed by atoms with Crippen LogP contribution in [0.5, 0.6) is 0 Å². The van der Waals surface area contributed by atoms with Crippen LogP contribution in [0.4, 0.5) is 0 Å². The minimum atomic E-state index is -0.181. The summed E-state index contributed by atoms with van der Waals surface area (Å²) in [6.45, 7) is 0.446. The molecule has 3 rings (SSSR count). The number of aromatic nitrogens is 2. The number of pyridine rings is 2. The third kappa shape index (κ3) is 2.64. The first-order chi connectivity index (χ1) is 9.83. The molecule has 0 bridgehead atoms. The van der Waals surface area contributed by atoms with Crippen molar-refractivity contribution in [2.24, 2.45) is 0 Å². The third-order valence-corrected chi connectivity index (χ3v) is 3.01. The van der Waals surface area contributed by atoms with Gasteiger partial charge in [0.15, 0.2) is 0 Å². The van der Waals surface area contributed by atoms with Gasteiger partial charge in [-0.2, -0.15) is 0 Å². The molecule has 20 heavy (non-hydrogen) atoms. The maximum atomic E-state index is 12.1. The fourth-order valence-electron chi connectivity index (χ4n) is 1.97. The van der Waals surface area contributed by atoms with Gasteiger partial charge in [-0.1, -0.05) is 30.3 Å². The van der Waals surface area contributed by atoms with Crippen LogP contribution in [0.15, 0.2) is 60.9 Å². The Labute approximate surface area is 116 Å². The molecule has 1 amide bonds. The second-order valence-electron chi connectivity index (χ2n) is 4.43. The van der Waals surface area contributed by atoms with E-state index in [1.807, 2.05) is 42.5 Å². The molecule has 4 heteroatoms. The summed E-state index contributed by atoms with van der Waals surface area (Å²) in [4.78, 5) is 20.4. The van der Waals surface area contributed by atoms with Gasteiger partial charge in [0, 0.05) is 24.3 Å². The van der Waals surface area contributed by atoms with Crippen LogP contribution in [-0.2, 0) is 6.54 Å². The second-order valence-corrected chi connectivity index (χ2v) is 4.43. The maximum absolute atomic E-state index is 12.1. The van der Waals surface area contributed by atoms with Crippen LogP contribution in [0.25, 0.3) is 10.9 Å². The molecule has 0 unspecified atom stereocenters. The molecule has 0 aliphatic heterocycles. The Kier molecular flexibility index (Phi) is 3.37. The lowest BCUT2D eigenvalue weighted by Gasteiger charge is -2.05. The van der Waals surface area contributed by atoms with E-state index in [9.17, 15) is 4.79 Å². The molecule has 0 radical (unpaired) electrons. The van der Waals surface area contributed by atoms with Crippen LogP contribution < -0.4 is 5.32 Å². The highest BCUT2D eigenvalue weighted by Gasteiger charge is 2.07. The Hall–Kier alpha value is -2.75. The van der Waals surface area contributed by atoms with Crippen molar-refractivity contribution in [3.63, 3.8) is 0 Å². The standard InChI is InChI=1S/C16H13N3O/c20-16(18-11-12-4-3-9-17-10-12)15-8-7-13-5-1-2-6-14(13)19-15/h1-10H,11H2,(H,18,20). The highest BCUT2D eigenvalue weighted by atomic mass is 16.1. The van der Waals surface area contributed by atoms with Crippen LogP contribution >= 0.6 is 0 Å². The number of fused-ring (bicyclic) bond motifs is 1. The van der Waals surface area contributed by atoms with Crippen LogP contribution in [0.3, 0.4) is 0 Å². The van der Waals surface area contributed by atoms with E-state index in [2.05, 4.69) is 15.3 Å². The summed E-state index contributed by atoms with van der Waals surface area (Å²) in [6.07, 6.45) is 3.43. The summed E-state index contributed by atoms with van der Waals surface area (Å²) in [6, 6.07) is 15.1. The van der Waals surface area contributed by atoms with E-state index in [0.29, 0.717) is 12.2 Å². The second kappa shape index (κ2) is 5.48. The minimum Gasteiger partial charge on any atom is -0.347 e. The molecule has 0 atom stereocenters. The summed E-state index contributed by atoms with van der Waals surface area (Å²) in [5.74, 6) is -0.181. The van der Waals surface area contributed by atoms with Gasteiger partial charge < -0.3 is 5.32 Å². The first-order valence-corrected chi connectivity index (χ1v) is 6.36. The SMILES string of the molecule is O=C(NCc1cccnc1)c1ccc2ccccc2n1. The normalized spacial score (nSPS) is 10.4. The van der Waals surface area contributed by atoms with Crippen molar-refractivity contribution >= 4 is 16.8 Å². The first kappa shape index (κ1) is 12.3. The summed E-state index contributed by atoms with van der Waals surface area (Å²) in [5.41, 5.74) is 2.20. The van der Waals surface area contributed by atoms with Crippen molar-refractivity contribution in [3.05, 3.63) is 72.2 Å². The van der Waals surface area contributed by atoms with Gasteiger partial charge in [0.1, 0.15) is 5.69 Å². The monoisotopic (exact) mass is 263 g/mol. The fourth-order valence-corrected chi connectivity index (χ4v) is 1.97. The van der Waals surface area contributed by atoms with Crippen LogP contribution in [-0.4, -0.2) is 15.9 Å². The number of rotatable bonds is 3. The summed E-state index contributed by atoms with van der Waals surface area (Å²) in [7, 11) is 0. The van der Waals surface area contributed by atoms with Gasteiger partial charge in [0.2, 0.25) is 0 Å². The zero-order valence-corrected chi connectivity index (χ0v) is 10.8. The highest BCUT2D eigenvalue weighted by Crippen LogP contribution is 2.11. The number of carbonyl (C=O) groups excluding carboxylic acids is 1. The average Bonchev–Trinajstić information content (AvgIpc) is 2.53. The van der Waals surface area contributed by atoms with Gasteiger partial charge in [0.05, 0.1) is 5.52 Å². The van der Waals surface area contributed by atoms with Gasteiger partial charge in [0.25, 0.3) is 5.91 Å². The van der Waals surface area contributed by atoms with Crippen molar-refractivity contribution in [3.8, 4) is 0 Å². The van der Waals surface area contributed by atoms with E-state index in [4.69, 9.17) is 0 Å². The number of hydrogen-bond acceptors (Lipinski definition) is 3. The molecule has 1 aromatic carbocycles. The zero-order valence-electron chi connectivity index (χ0n) is 10.8. The van der Waals surface area contributed by atoms with Crippen LogP contribution in [0.2, 0.25) is 0 Å². The van der Waals surface area contributed by atoms with Crippen LogP contribution in [0, 0.1) is 0 Å². The molecule has 3 aromatic rings. The number of nitrogens with zero attached hydrogens (tertiary/aromatic N) is 2. The highest BCUT2D eigenvalue weighted by molar-refractivity contribution is 5.94. The molecule has 0 aliphatic carbocycles. The Balaban J connectivity index is 1.75. The molecule has 0 fully saturated rings. The largest absolute Gasteiger partial charge is 0.347 e. The lowest BCUT2D eigenvalue weighted by atomic mass is 10.2. The van der Waals surface area contributed by atoms with Crippen LogP contribution in [0.1, 0.15) is 16.1 Å². The Morgan fingerprint density at radius 3 is 2.80 bits per heavy atom. The number of amides is 1. The van der Waals surface area contributed by atoms with Crippen molar-refractivity contribution in [1.82, 2.24) is 15.3 Å². The first-order valence-electron chi connectivity index (χ1n) is 6.36. The average molecular weight is 263 g/mol. The quantitative estimate of drug-likeness (QED) is 0.790. The number of benzene rings is 1. The molecular formula is C16H13N3O. The van der Waals surface area contributed by atoms with Gasteiger partial charge in [-0.3, -0.25) is 9.78 Å². The van der Waals surface area contributed by atoms with E-state index in [0.717, 1.165) is 16.5 Å². The molecule has 1 N–H and O–H groups in total. The van der Waals surface area contributed by atoms with Gasteiger partial charge in [-0.05, 0) is 23.8 Å². The van der Waals surface area contributed by atoms with Gasteiger partial charge >= 0.3 is 0 Å². The molecule has 0 saturated heterocycles.